The van der Waals surface area contributed by atoms with Gasteiger partial charge in [0, 0.05) is 9.79 Å². The molecule has 0 aliphatic rings. The van der Waals surface area contributed by atoms with E-state index >= 15 is 0 Å². The SMILES string of the molecule is CCOC(=O)c1ccc(Sc2ccc(C(=O)O)cc2)cc1O. The van der Waals surface area contributed by atoms with Gasteiger partial charge in [-0.25, -0.2) is 9.59 Å². The van der Waals surface area contributed by atoms with Gasteiger partial charge in [0.25, 0.3) is 0 Å². The van der Waals surface area contributed by atoms with Crippen molar-refractivity contribution in [3.8, 4) is 5.75 Å². The van der Waals surface area contributed by atoms with E-state index in [2.05, 4.69) is 0 Å². The molecule has 0 aromatic heterocycles. The van der Waals surface area contributed by atoms with Crippen molar-refractivity contribution >= 4 is 23.7 Å². The number of aromatic carboxylic acids is 1. The number of carboxylic acid groups (broad SMARTS) is 1. The zero-order valence-corrected chi connectivity index (χ0v) is 12.6. The van der Waals surface area contributed by atoms with E-state index < -0.39 is 11.9 Å². The second-order valence-electron chi connectivity index (χ2n) is 4.33. The lowest BCUT2D eigenvalue weighted by atomic mass is 10.2. The Morgan fingerprint density at radius 3 is 2.27 bits per heavy atom. The van der Waals surface area contributed by atoms with E-state index in [1.807, 2.05) is 0 Å². The Labute approximate surface area is 131 Å². The van der Waals surface area contributed by atoms with Crippen molar-refractivity contribution in [2.45, 2.75) is 16.7 Å². The average molecular weight is 318 g/mol. The highest BCUT2D eigenvalue weighted by Gasteiger charge is 2.13. The zero-order chi connectivity index (χ0) is 16.1. The van der Waals surface area contributed by atoms with Gasteiger partial charge in [0.2, 0.25) is 0 Å². The maximum absolute atomic E-state index is 11.6. The van der Waals surface area contributed by atoms with E-state index in [1.165, 1.54) is 36.0 Å². The summed E-state index contributed by atoms with van der Waals surface area (Å²) in [6.07, 6.45) is 0. The summed E-state index contributed by atoms with van der Waals surface area (Å²) in [5, 5.41) is 18.7. The number of carboxylic acids is 1. The molecule has 0 saturated carbocycles. The van der Waals surface area contributed by atoms with Gasteiger partial charge >= 0.3 is 11.9 Å². The van der Waals surface area contributed by atoms with Gasteiger partial charge in [-0.1, -0.05) is 11.8 Å². The lowest BCUT2D eigenvalue weighted by Crippen LogP contribution is -2.04. The molecule has 0 bridgehead atoms. The van der Waals surface area contributed by atoms with Crippen molar-refractivity contribution < 1.29 is 24.5 Å². The molecule has 5 nitrogen and oxygen atoms in total. The Morgan fingerprint density at radius 1 is 1.09 bits per heavy atom. The summed E-state index contributed by atoms with van der Waals surface area (Å²) in [7, 11) is 0. The van der Waals surface area contributed by atoms with Crippen LogP contribution in [0.4, 0.5) is 0 Å². The van der Waals surface area contributed by atoms with Crippen LogP contribution >= 0.6 is 11.8 Å². The van der Waals surface area contributed by atoms with Gasteiger partial charge in [0.1, 0.15) is 11.3 Å². The van der Waals surface area contributed by atoms with Gasteiger partial charge in [-0.05, 0) is 49.4 Å². The van der Waals surface area contributed by atoms with Crippen molar-refractivity contribution in [1.82, 2.24) is 0 Å². The Balaban J connectivity index is 2.15. The molecule has 6 heteroatoms. The van der Waals surface area contributed by atoms with Gasteiger partial charge in [0.05, 0.1) is 12.2 Å². The van der Waals surface area contributed by atoms with Crippen molar-refractivity contribution in [3.63, 3.8) is 0 Å². The summed E-state index contributed by atoms with van der Waals surface area (Å²) in [6, 6.07) is 11.1. The molecular formula is C16H14O5S. The first-order valence-electron chi connectivity index (χ1n) is 6.52. The van der Waals surface area contributed by atoms with Crippen molar-refractivity contribution in [1.29, 1.82) is 0 Å². The third-order valence-corrected chi connectivity index (χ3v) is 3.80. The summed E-state index contributed by atoms with van der Waals surface area (Å²) in [4.78, 5) is 23.9. The minimum Gasteiger partial charge on any atom is -0.507 e. The van der Waals surface area contributed by atoms with E-state index in [0.29, 0.717) is 0 Å². The highest BCUT2D eigenvalue weighted by Crippen LogP contribution is 2.31. The first kappa shape index (κ1) is 15.9. The van der Waals surface area contributed by atoms with Crippen LogP contribution in [0.25, 0.3) is 0 Å². The molecule has 0 saturated heterocycles. The molecule has 2 aromatic carbocycles. The molecule has 2 N–H and O–H groups in total. The lowest BCUT2D eigenvalue weighted by Gasteiger charge is -2.07. The Hall–Kier alpha value is -2.47. The summed E-state index contributed by atoms with van der Waals surface area (Å²) < 4.78 is 4.84. The molecule has 0 heterocycles. The number of aromatic hydroxyl groups is 1. The average Bonchev–Trinajstić information content (AvgIpc) is 2.48. The smallest absolute Gasteiger partial charge is 0.341 e. The van der Waals surface area contributed by atoms with Gasteiger partial charge in [-0.15, -0.1) is 0 Å². The molecule has 22 heavy (non-hydrogen) atoms. The predicted octanol–water partition coefficient (Wildman–Crippen LogP) is 3.42. The molecule has 0 fully saturated rings. The van der Waals surface area contributed by atoms with Crippen LogP contribution in [0.1, 0.15) is 27.6 Å². The Bertz CT molecular complexity index is 694. The quantitative estimate of drug-likeness (QED) is 0.822. The second-order valence-corrected chi connectivity index (χ2v) is 5.48. The Kier molecular flexibility index (Phi) is 5.06. The molecule has 0 unspecified atom stereocenters. The molecule has 2 aromatic rings. The molecule has 0 atom stereocenters. The van der Waals surface area contributed by atoms with Gasteiger partial charge in [0.15, 0.2) is 0 Å². The molecule has 0 amide bonds. The second kappa shape index (κ2) is 7.00. The number of carbonyl (C=O) groups is 2. The molecule has 0 radical (unpaired) electrons. The Morgan fingerprint density at radius 2 is 1.73 bits per heavy atom. The van der Waals surface area contributed by atoms with E-state index in [0.717, 1.165) is 9.79 Å². The van der Waals surface area contributed by atoms with E-state index in [1.54, 1.807) is 25.1 Å². The van der Waals surface area contributed by atoms with Crippen LogP contribution in [0.2, 0.25) is 0 Å². The van der Waals surface area contributed by atoms with Crippen molar-refractivity contribution in [2.24, 2.45) is 0 Å². The summed E-state index contributed by atoms with van der Waals surface area (Å²) in [5.41, 5.74) is 0.331. The van der Waals surface area contributed by atoms with Crippen LogP contribution in [-0.4, -0.2) is 28.8 Å². The predicted molar refractivity (Wildman–Crippen MR) is 81.6 cm³/mol. The molecule has 114 valence electrons. The number of hydrogen-bond donors (Lipinski definition) is 2. The molecule has 2 rings (SSSR count). The highest BCUT2D eigenvalue weighted by molar-refractivity contribution is 7.99. The van der Waals surface area contributed by atoms with E-state index in [4.69, 9.17) is 9.84 Å². The van der Waals surface area contributed by atoms with Crippen LogP contribution in [0.15, 0.2) is 52.3 Å². The van der Waals surface area contributed by atoms with Crippen LogP contribution < -0.4 is 0 Å². The van der Waals surface area contributed by atoms with Gasteiger partial charge in [-0.2, -0.15) is 0 Å². The first-order chi connectivity index (χ1) is 10.5. The number of rotatable bonds is 5. The third kappa shape index (κ3) is 3.79. The fraction of sp³-hybridized carbons (Fsp3) is 0.125. The number of phenolic OH excluding ortho intramolecular Hbond substituents is 1. The lowest BCUT2D eigenvalue weighted by molar-refractivity contribution is 0.0522. The van der Waals surface area contributed by atoms with Crippen molar-refractivity contribution in [3.05, 3.63) is 53.6 Å². The summed E-state index contributed by atoms with van der Waals surface area (Å²) >= 11 is 1.35. The summed E-state index contributed by atoms with van der Waals surface area (Å²) in [5.74, 6) is -1.69. The normalized spacial score (nSPS) is 10.2. The van der Waals surface area contributed by atoms with Crippen LogP contribution in [0.5, 0.6) is 5.75 Å². The number of esters is 1. The van der Waals surface area contributed by atoms with E-state index in [9.17, 15) is 14.7 Å². The minimum absolute atomic E-state index is 0.118. The summed E-state index contributed by atoms with van der Waals surface area (Å²) in [6.45, 7) is 1.94. The van der Waals surface area contributed by atoms with Gasteiger partial charge in [-0.3, -0.25) is 0 Å². The van der Waals surface area contributed by atoms with Gasteiger partial charge < -0.3 is 14.9 Å². The fourth-order valence-corrected chi connectivity index (χ4v) is 2.61. The number of hydrogen-bond acceptors (Lipinski definition) is 5. The number of phenols is 1. The maximum atomic E-state index is 11.6. The monoisotopic (exact) mass is 318 g/mol. The number of ether oxygens (including phenoxy) is 1. The first-order valence-corrected chi connectivity index (χ1v) is 7.34. The van der Waals surface area contributed by atoms with Crippen LogP contribution in [0.3, 0.4) is 0 Å². The highest BCUT2D eigenvalue weighted by atomic mass is 32.2. The van der Waals surface area contributed by atoms with Crippen LogP contribution in [-0.2, 0) is 4.74 Å². The molecule has 0 aliphatic heterocycles. The molecule has 0 spiro atoms. The number of carbonyl (C=O) groups excluding carboxylic acids is 1. The minimum atomic E-state index is -0.979. The third-order valence-electron chi connectivity index (χ3n) is 2.80. The largest absolute Gasteiger partial charge is 0.507 e. The number of benzene rings is 2. The van der Waals surface area contributed by atoms with E-state index in [-0.39, 0.29) is 23.5 Å². The molecule has 0 aliphatic carbocycles. The molecular weight excluding hydrogens is 304 g/mol. The standard InChI is InChI=1S/C16H14O5S/c1-2-21-16(20)13-8-7-12(9-14(13)17)22-11-5-3-10(4-6-11)15(18)19/h3-9,17H,2H2,1H3,(H,18,19). The fourth-order valence-electron chi connectivity index (χ4n) is 1.76. The van der Waals surface area contributed by atoms with Crippen molar-refractivity contribution in [2.75, 3.05) is 6.61 Å². The maximum Gasteiger partial charge on any atom is 0.341 e. The van der Waals surface area contributed by atoms with Crippen LogP contribution in [0, 0.1) is 0 Å². The zero-order valence-electron chi connectivity index (χ0n) is 11.8. The topological polar surface area (TPSA) is 83.8 Å².